The molecule has 0 aliphatic carbocycles. The number of carbonyl (C=O) groups excluding carboxylic acids is 1. The van der Waals surface area contributed by atoms with E-state index in [1.807, 2.05) is 29.2 Å². The minimum absolute atomic E-state index is 0.0207. The number of benzene rings is 1. The summed E-state index contributed by atoms with van der Waals surface area (Å²) >= 11 is 0. The number of likely N-dealkylation sites (tertiary alicyclic amines) is 1. The summed E-state index contributed by atoms with van der Waals surface area (Å²) in [6.07, 6.45) is -3.24. The standard InChI is InChI=1S/C26H25N5O2.2C2HF3O2/c1-33-24-7-5-20(15-30-24)23-6-4-21(16-29-23)26(32)31-12-9-17(10-13-31)19-3-2-18-8-11-28-25(27)22(18)14-19;2*3-2(4,5)1(6)7/h2-8,11,14-17H,9-10,12-13H2,1H3,(H2,27,28);2*(H,6,7). The van der Waals surface area contributed by atoms with Crippen LogP contribution in [0.5, 0.6) is 5.88 Å². The van der Waals surface area contributed by atoms with E-state index in [0.29, 0.717) is 36.3 Å². The molecule has 250 valence electrons. The summed E-state index contributed by atoms with van der Waals surface area (Å²) < 4.78 is 68.6. The molecule has 0 saturated carbocycles. The lowest BCUT2D eigenvalue weighted by Crippen LogP contribution is -2.38. The van der Waals surface area contributed by atoms with Gasteiger partial charge < -0.3 is 25.6 Å². The molecule has 11 nitrogen and oxygen atoms in total. The fraction of sp³-hybridized carbons (Fsp3) is 0.267. The van der Waals surface area contributed by atoms with Crippen LogP contribution in [-0.4, -0.2) is 80.5 Å². The van der Waals surface area contributed by atoms with Crippen molar-refractivity contribution in [3.63, 3.8) is 0 Å². The largest absolute Gasteiger partial charge is 0.490 e. The molecule has 1 aliphatic heterocycles. The number of piperidine rings is 1. The quantitative estimate of drug-likeness (QED) is 0.234. The third-order valence-corrected chi connectivity index (χ3v) is 6.81. The van der Waals surface area contributed by atoms with Gasteiger partial charge in [-0.25, -0.2) is 19.6 Å². The van der Waals surface area contributed by atoms with Crippen LogP contribution in [-0.2, 0) is 9.59 Å². The van der Waals surface area contributed by atoms with Crippen LogP contribution in [0.4, 0.5) is 32.2 Å². The zero-order valence-electron chi connectivity index (χ0n) is 24.4. The summed E-state index contributed by atoms with van der Waals surface area (Å²) in [7, 11) is 1.58. The van der Waals surface area contributed by atoms with Gasteiger partial charge >= 0.3 is 24.3 Å². The first kappa shape index (κ1) is 36.0. The Kier molecular flexibility index (Phi) is 11.6. The topological polar surface area (TPSA) is 169 Å². The molecule has 4 aromatic rings. The van der Waals surface area contributed by atoms with Crippen LogP contribution in [0, 0.1) is 0 Å². The predicted octanol–water partition coefficient (Wildman–Crippen LogP) is 5.57. The number of aromatic nitrogens is 3. The van der Waals surface area contributed by atoms with Crippen LogP contribution in [0.1, 0.15) is 34.7 Å². The Hall–Kier alpha value is -5.48. The predicted molar refractivity (Wildman–Crippen MR) is 155 cm³/mol. The lowest BCUT2D eigenvalue weighted by Gasteiger charge is -2.32. The van der Waals surface area contributed by atoms with Crippen LogP contribution in [0.25, 0.3) is 22.0 Å². The lowest BCUT2D eigenvalue weighted by atomic mass is 9.88. The number of hydrogen-bond donors (Lipinski definition) is 3. The smallest absolute Gasteiger partial charge is 0.481 e. The molecule has 1 fully saturated rings. The van der Waals surface area contributed by atoms with E-state index in [0.717, 1.165) is 34.9 Å². The second-order valence-electron chi connectivity index (χ2n) is 9.87. The number of halogens is 6. The Labute approximate surface area is 262 Å². The first-order chi connectivity index (χ1) is 22.0. The molecule has 1 aromatic carbocycles. The number of fused-ring (bicyclic) bond motifs is 1. The molecular weight excluding hydrogens is 640 g/mol. The van der Waals surface area contributed by atoms with Crippen molar-refractivity contribution >= 4 is 34.4 Å². The summed E-state index contributed by atoms with van der Waals surface area (Å²) in [6, 6.07) is 15.8. The molecule has 1 amide bonds. The number of rotatable bonds is 4. The Morgan fingerprint density at radius 2 is 1.47 bits per heavy atom. The van der Waals surface area contributed by atoms with Gasteiger partial charge in [0.2, 0.25) is 5.88 Å². The van der Waals surface area contributed by atoms with Crippen LogP contribution in [0.15, 0.2) is 67.1 Å². The van der Waals surface area contributed by atoms with Crippen molar-refractivity contribution in [1.29, 1.82) is 0 Å². The highest BCUT2D eigenvalue weighted by atomic mass is 19.4. The van der Waals surface area contributed by atoms with Gasteiger partial charge in [0.05, 0.1) is 18.4 Å². The number of ether oxygens (including phenoxy) is 1. The molecule has 1 saturated heterocycles. The van der Waals surface area contributed by atoms with Gasteiger partial charge in [0.15, 0.2) is 0 Å². The van der Waals surface area contributed by atoms with Gasteiger partial charge in [-0.3, -0.25) is 9.78 Å². The molecular formula is C30H27F6N5O6. The minimum Gasteiger partial charge on any atom is -0.481 e. The number of carboxylic acids is 2. The molecule has 0 spiro atoms. The number of nitrogens with zero attached hydrogens (tertiary/aromatic N) is 4. The fourth-order valence-electron chi connectivity index (χ4n) is 4.40. The van der Waals surface area contributed by atoms with Gasteiger partial charge in [-0.1, -0.05) is 12.1 Å². The van der Waals surface area contributed by atoms with Gasteiger partial charge in [0.25, 0.3) is 5.91 Å². The number of methoxy groups -OCH3 is 1. The third-order valence-electron chi connectivity index (χ3n) is 6.81. The molecule has 0 atom stereocenters. The van der Waals surface area contributed by atoms with Crippen LogP contribution >= 0.6 is 0 Å². The average Bonchev–Trinajstić information content (AvgIpc) is 3.04. The van der Waals surface area contributed by atoms with Crippen molar-refractivity contribution in [3.05, 3.63) is 78.2 Å². The lowest BCUT2D eigenvalue weighted by molar-refractivity contribution is -0.193. The van der Waals surface area contributed by atoms with Crippen molar-refractivity contribution < 1.29 is 55.7 Å². The summed E-state index contributed by atoms with van der Waals surface area (Å²) in [5.41, 5.74) is 9.57. The number of nitrogens with two attached hydrogens (primary N) is 1. The van der Waals surface area contributed by atoms with Crippen molar-refractivity contribution in [2.75, 3.05) is 25.9 Å². The SMILES string of the molecule is COc1ccc(-c2ccc(C(=O)N3CCC(c4ccc5ccnc(N)c5c4)CC3)cn2)cn1.O=C(O)C(F)(F)F.O=C(O)C(F)(F)F. The van der Waals surface area contributed by atoms with Crippen molar-refractivity contribution in [1.82, 2.24) is 19.9 Å². The van der Waals surface area contributed by atoms with E-state index in [1.54, 1.807) is 31.8 Å². The summed E-state index contributed by atoms with van der Waals surface area (Å²) in [5, 5.41) is 16.3. The van der Waals surface area contributed by atoms with Gasteiger partial charge in [0.1, 0.15) is 5.82 Å². The van der Waals surface area contributed by atoms with E-state index in [4.69, 9.17) is 30.3 Å². The number of alkyl halides is 6. The van der Waals surface area contributed by atoms with Gasteiger partial charge in [-0.15, -0.1) is 0 Å². The maximum absolute atomic E-state index is 13.0. The monoisotopic (exact) mass is 667 g/mol. The number of hydrogen-bond acceptors (Lipinski definition) is 8. The van der Waals surface area contributed by atoms with E-state index in [2.05, 4.69) is 33.2 Å². The third kappa shape index (κ3) is 10.0. The highest BCUT2D eigenvalue weighted by molar-refractivity contribution is 5.94. The van der Waals surface area contributed by atoms with Crippen LogP contribution in [0.2, 0.25) is 0 Å². The molecule has 0 unspecified atom stereocenters. The van der Waals surface area contributed by atoms with Gasteiger partial charge in [-0.2, -0.15) is 26.3 Å². The average molecular weight is 668 g/mol. The van der Waals surface area contributed by atoms with E-state index < -0.39 is 24.3 Å². The summed E-state index contributed by atoms with van der Waals surface area (Å²) in [4.78, 5) is 45.6. The van der Waals surface area contributed by atoms with Gasteiger partial charge in [0, 0.05) is 48.7 Å². The number of carboxylic acid groups (broad SMARTS) is 2. The Morgan fingerprint density at radius 3 is 1.96 bits per heavy atom. The van der Waals surface area contributed by atoms with E-state index in [-0.39, 0.29) is 5.91 Å². The molecule has 17 heteroatoms. The molecule has 47 heavy (non-hydrogen) atoms. The molecule has 1 aliphatic rings. The van der Waals surface area contributed by atoms with Crippen LogP contribution in [0.3, 0.4) is 0 Å². The normalized spacial score (nSPS) is 13.5. The molecule has 0 radical (unpaired) electrons. The number of nitrogen functional groups attached to an aromatic ring is 1. The second-order valence-corrected chi connectivity index (χ2v) is 9.87. The second kappa shape index (κ2) is 15.2. The van der Waals surface area contributed by atoms with Crippen molar-refractivity contribution in [3.8, 4) is 17.1 Å². The number of aliphatic carboxylic acids is 2. The van der Waals surface area contributed by atoms with Gasteiger partial charge in [-0.05, 0) is 60.0 Å². The molecule has 0 bridgehead atoms. The zero-order chi connectivity index (χ0) is 34.9. The Balaban J connectivity index is 0.000000360. The highest BCUT2D eigenvalue weighted by Gasteiger charge is 2.39. The number of anilines is 1. The van der Waals surface area contributed by atoms with E-state index >= 15 is 0 Å². The van der Waals surface area contributed by atoms with Crippen molar-refractivity contribution in [2.24, 2.45) is 0 Å². The summed E-state index contributed by atoms with van der Waals surface area (Å²) in [5.74, 6) is -3.98. The molecule has 4 heterocycles. The minimum atomic E-state index is -5.08. The van der Waals surface area contributed by atoms with E-state index in [9.17, 15) is 31.1 Å². The number of carbonyl (C=O) groups is 3. The molecule has 4 N–H and O–H groups in total. The highest BCUT2D eigenvalue weighted by Crippen LogP contribution is 2.32. The molecule has 3 aromatic heterocycles. The fourth-order valence-corrected chi connectivity index (χ4v) is 4.40. The maximum Gasteiger partial charge on any atom is 0.490 e. The number of pyridine rings is 3. The zero-order valence-corrected chi connectivity index (χ0v) is 24.4. The number of amides is 1. The Bertz CT molecular complexity index is 1670. The first-order valence-corrected chi connectivity index (χ1v) is 13.5. The summed E-state index contributed by atoms with van der Waals surface area (Å²) in [6.45, 7) is 1.43. The first-order valence-electron chi connectivity index (χ1n) is 13.5. The maximum atomic E-state index is 13.0. The van der Waals surface area contributed by atoms with Crippen molar-refractivity contribution in [2.45, 2.75) is 31.1 Å². The van der Waals surface area contributed by atoms with E-state index in [1.165, 1.54) is 5.56 Å². The molecule has 5 rings (SSSR count). The van der Waals surface area contributed by atoms with Crippen LogP contribution < -0.4 is 10.5 Å². The Morgan fingerprint density at radius 1 is 0.851 bits per heavy atom.